The average Bonchev–Trinajstić information content (AvgIpc) is 3.81. The van der Waals surface area contributed by atoms with Gasteiger partial charge in [-0.2, -0.15) is 0 Å². The topological polar surface area (TPSA) is 256 Å². The molecule has 50 heavy (non-hydrogen) atoms. The van der Waals surface area contributed by atoms with Crippen molar-refractivity contribution in [1.82, 2.24) is 15.1 Å². The summed E-state index contributed by atoms with van der Waals surface area (Å²) in [6.07, 6.45) is -5.14. The number of amides is 1. The van der Waals surface area contributed by atoms with Gasteiger partial charge in [-0.15, -0.1) is 6.58 Å². The molecule has 1 amide bonds. The maximum Gasteiger partial charge on any atom is 0.237 e. The number of carbonyl (C=O) groups is 1. The molecule has 5 unspecified atom stereocenters. The zero-order valence-corrected chi connectivity index (χ0v) is 28.7. The number of hydrogen-bond acceptors (Lipinski definition) is 15. The van der Waals surface area contributed by atoms with E-state index in [0.717, 1.165) is 45.1 Å². The van der Waals surface area contributed by atoms with Crippen LogP contribution in [0.1, 0.15) is 44.9 Å². The first-order valence-corrected chi connectivity index (χ1v) is 18.1. The highest BCUT2D eigenvalue weighted by Gasteiger charge is 2.88. The summed E-state index contributed by atoms with van der Waals surface area (Å²) in [4.78, 5) is 16.4. The van der Waals surface area contributed by atoms with Gasteiger partial charge in [0.1, 0.15) is 36.6 Å². The van der Waals surface area contributed by atoms with Crippen LogP contribution in [0.3, 0.4) is 0 Å². The lowest BCUT2D eigenvalue weighted by atomic mass is 9.32. The van der Waals surface area contributed by atoms with Crippen molar-refractivity contribution in [2.45, 2.75) is 111 Å². The number of ether oxygens (including phenoxy) is 2. The number of hydrogen-bond donors (Lipinski definition) is 11. The van der Waals surface area contributed by atoms with Crippen molar-refractivity contribution in [2.24, 2.45) is 17.3 Å². The molecule has 16 heteroatoms. The molecule has 1 aliphatic heterocycles. The first kappa shape index (κ1) is 39.8. The molecule has 4 saturated carbocycles. The van der Waals surface area contributed by atoms with Crippen LogP contribution < -0.4 is 5.32 Å². The van der Waals surface area contributed by atoms with Crippen LogP contribution in [0.25, 0.3) is 0 Å². The number of carbonyl (C=O) groups excluding carboxylic acids is 1. The zero-order valence-electron chi connectivity index (χ0n) is 28.7. The van der Waals surface area contributed by atoms with Crippen LogP contribution in [-0.4, -0.2) is 199 Å². The van der Waals surface area contributed by atoms with E-state index in [-0.39, 0.29) is 61.4 Å². The predicted octanol–water partition coefficient (Wildman–Crippen LogP) is -4.34. The third-order valence-electron chi connectivity index (χ3n) is 12.6. The van der Waals surface area contributed by atoms with E-state index >= 15 is 0 Å². The highest BCUT2D eigenvalue weighted by Crippen LogP contribution is 2.85. The van der Waals surface area contributed by atoms with Crippen LogP contribution in [0.5, 0.6) is 0 Å². The minimum atomic E-state index is -1.86. The number of aliphatic hydroxyl groups is 10. The molecule has 0 radical (unpaired) electrons. The molecule has 1 heterocycles. The smallest absolute Gasteiger partial charge is 0.237 e. The largest absolute Gasteiger partial charge is 0.394 e. The van der Waals surface area contributed by atoms with E-state index in [1.807, 2.05) is 11.0 Å². The molecule has 1 spiro atoms. The van der Waals surface area contributed by atoms with E-state index in [1.54, 1.807) is 0 Å². The van der Waals surface area contributed by atoms with Crippen LogP contribution in [0.2, 0.25) is 0 Å². The Bertz CT molecular complexity index is 1130. The summed E-state index contributed by atoms with van der Waals surface area (Å²) in [5, 5.41) is 103. The zero-order chi connectivity index (χ0) is 36.4. The summed E-state index contributed by atoms with van der Waals surface area (Å²) in [5.74, 6) is 1.34. The maximum absolute atomic E-state index is 13.1. The Labute approximate surface area is 292 Å². The second-order valence-electron chi connectivity index (χ2n) is 15.3. The Morgan fingerprint density at radius 1 is 0.880 bits per heavy atom. The van der Waals surface area contributed by atoms with E-state index in [0.29, 0.717) is 25.0 Å². The van der Waals surface area contributed by atoms with Gasteiger partial charge in [-0.3, -0.25) is 9.69 Å². The predicted molar refractivity (Wildman–Crippen MR) is 176 cm³/mol. The lowest BCUT2D eigenvalue weighted by molar-refractivity contribution is -0.343. The van der Waals surface area contributed by atoms with Gasteiger partial charge in [0.2, 0.25) is 5.91 Å². The summed E-state index contributed by atoms with van der Waals surface area (Å²) < 4.78 is 12.4. The highest BCUT2D eigenvalue weighted by molar-refractivity contribution is 5.79. The molecule has 0 aromatic rings. The number of aliphatic hydroxyl groups excluding tert-OH is 10. The van der Waals surface area contributed by atoms with Crippen LogP contribution in [0.4, 0.5) is 0 Å². The third kappa shape index (κ3) is 7.27. The summed E-state index contributed by atoms with van der Waals surface area (Å²) in [7, 11) is 0. The maximum atomic E-state index is 13.1. The second-order valence-corrected chi connectivity index (χ2v) is 15.3. The normalized spacial score (nSPS) is 35.8. The fraction of sp³-hybridized carbons (Fsp3) is 0.912. The quantitative estimate of drug-likeness (QED) is 0.0353. The van der Waals surface area contributed by atoms with Gasteiger partial charge in [-0.25, -0.2) is 0 Å². The van der Waals surface area contributed by atoms with Crippen molar-refractivity contribution in [3.05, 3.63) is 12.7 Å². The van der Waals surface area contributed by atoms with Gasteiger partial charge < -0.3 is 70.8 Å². The van der Waals surface area contributed by atoms with E-state index in [2.05, 4.69) is 11.9 Å². The molecule has 4 aliphatic carbocycles. The summed E-state index contributed by atoms with van der Waals surface area (Å²) in [6, 6.07) is 0.109. The standard InChI is InChI=1S/C34H59N3O13/c1-2-22-4-3-5-37(22)27(44)14-35-32-11-20-10-21-13-33(19-32,34(21,32)12-20)50-9-8-49-7-6-36(15-23(40)28(45)30(47)25(42)17-38)16-24(41)29(46)31(48)26(43)18-39/h2,20-26,28-31,35,38-43,45-48H,1,3-19H2/t20?,21?,22-,23+,24+,25-,26-,28-,29-,30-,31-,32?,33?,34?/m1/s1. The van der Waals surface area contributed by atoms with Gasteiger partial charge >= 0.3 is 0 Å². The van der Waals surface area contributed by atoms with E-state index < -0.39 is 62.0 Å². The molecule has 1 saturated heterocycles. The Morgan fingerprint density at radius 3 is 2.08 bits per heavy atom. The van der Waals surface area contributed by atoms with Crippen LogP contribution in [0, 0.1) is 17.3 Å². The Kier molecular flexibility index (Phi) is 13.0. The monoisotopic (exact) mass is 717 g/mol. The molecule has 5 rings (SSSR count). The number of fused-ring (bicyclic) bond motifs is 1. The molecule has 288 valence electrons. The van der Waals surface area contributed by atoms with E-state index in [4.69, 9.17) is 19.7 Å². The van der Waals surface area contributed by atoms with Gasteiger partial charge in [-0.1, -0.05) is 6.08 Å². The summed E-state index contributed by atoms with van der Waals surface area (Å²) in [5.41, 5.74) is -0.301. The third-order valence-corrected chi connectivity index (χ3v) is 12.6. The van der Waals surface area contributed by atoms with Crippen molar-refractivity contribution in [3.8, 4) is 0 Å². The Balaban J connectivity index is 1.10. The van der Waals surface area contributed by atoms with Gasteiger partial charge in [0.25, 0.3) is 0 Å². The minimum absolute atomic E-state index is 0.0286. The fourth-order valence-electron chi connectivity index (χ4n) is 10.2. The lowest BCUT2D eigenvalue weighted by Gasteiger charge is -2.78. The number of nitrogens with one attached hydrogen (secondary N) is 1. The van der Waals surface area contributed by atoms with Crippen LogP contribution in [0.15, 0.2) is 12.7 Å². The summed E-state index contributed by atoms with van der Waals surface area (Å²) >= 11 is 0. The van der Waals surface area contributed by atoms with Gasteiger partial charge in [0, 0.05) is 43.2 Å². The molecule has 0 aromatic carbocycles. The van der Waals surface area contributed by atoms with Gasteiger partial charge in [-0.05, 0) is 56.8 Å². The van der Waals surface area contributed by atoms with Crippen LogP contribution >= 0.6 is 0 Å². The molecule has 5 aliphatic rings. The van der Waals surface area contributed by atoms with Gasteiger partial charge in [0.15, 0.2) is 0 Å². The SMILES string of the molecule is C=C[C@@H]1CCCN1C(=O)CNC12CC3CC4CC(OCCOCCN(C[C@H](O)[C@@H](O)[C@H](O)[C@H](O)CO)C[C@H](O)[C@@H](O)[C@H](O)[C@H](O)CO)(C1)C42C3. The minimum Gasteiger partial charge on any atom is -0.394 e. The fourth-order valence-corrected chi connectivity index (χ4v) is 10.2. The average molecular weight is 718 g/mol. The van der Waals surface area contributed by atoms with Crippen molar-refractivity contribution in [2.75, 3.05) is 65.8 Å². The Hall–Kier alpha value is -1.35. The second kappa shape index (κ2) is 16.3. The summed E-state index contributed by atoms with van der Waals surface area (Å²) in [6.45, 7) is 3.28. The molecule has 16 nitrogen and oxygen atoms in total. The first-order chi connectivity index (χ1) is 23.8. The molecule has 11 N–H and O–H groups in total. The van der Waals surface area contributed by atoms with Crippen LogP contribution in [-0.2, 0) is 14.3 Å². The number of rotatable bonds is 23. The van der Waals surface area contributed by atoms with Crippen molar-refractivity contribution >= 4 is 5.91 Å². The number of likely N-dealkylation sites (tertiary alicyclic amines) is 1. The first-order valence-electron chi connectivity index (χ1n) is 18.1. The molecule has 0 aromatic heterocycles. The van der Waals surface area contributed by atoms with Crippen molar-refractivity contribution in [1.29, 1.82) is 0 Å². The van der Waals surface area contributed by atoms with Crippen molar-refractivity contribution in [3.63, 3.8) is 0 Å². The van der Waals surface area contributed by atoms with E-state index in [1.165, 1.54) is 11.3 Å². The van der Waals surface area contributed by atoms with Crippen molar-refractivity contribution < 1.29 is 65.3 Å². The van der Waals surface area contributed by atoms with Gasteiger partial charge in [0.05, 0.1) is 57.4 Å². The Morgan fingerprint density at radius 2 is 1.50 bits per heavy atom. The molecule has 14 atom stereocenters. The number of nitrogens with zero attached hydrogens (tertiary/aromatic N) is 2. The molecular weight excluding hydrogens is 658 g/mol. The molecule has 5 fully saturated rings. The highest BCUT2D eigenvalue weighted by atomic mass is 16.5. The molecular formula is C34H59N3O13. The molecule has 2 bridgehead atoms. The van der Waals surface area contributed by atoms with E-state index in [9.17, 15) is 45.6 Å². The lowest BCUT2D eigenvalue weighted by Crippen LogP contribution is -2.86.